The van der Waals surface area contributed by atoms with E-state index < -0.39 is 47.5 Å². The van der Waals surface area contributed by atoms with E-state index in [0.29, 0.717) is 23.6 Å². The van der Waals surface area contributed by atoms with Crippen molar-refractivity contribution in [1.82, 2.24) is 4.90 Å². The number of hydrogen-bond donors (Lipinski definition) is 1. The molecule has 36 heavy (non-hydrogen) atoms. The van der Waals surface area contributed by atoms with Gasteiger partial charge in [0.25, 0.3) is 5.91 Å². The zero-order valence-electron chi connectivity index (χ0n) is 20.6. The lowest BCUT2D eigenvalue weighted by molar-refractivity contribution is -0.155. The SMILES string of the molecule is C=CCOC(=O)[C@@H]1[C@@H]2CCC3(O2)C(C(=O)N(CC=C)c2ccccc2Cl)N([C@@H](CO)C(C)C)C(=O)[C@H]13. The van der Waals surface area contributed by atoms with Gasteiger partial charge in [-0.15, -0.1) is 6.58 Å². The minimum atomic E-state index is -1.21. The number of esters is 1. The Bertz CT molecular complexity index is 1060. The number of ether oxygens (including phenoxy) is 2. The fourth-order valence-corrected chi connectivity index (χ4v) is 6.35. The molecule has 194 valence electrons. The lowest BCUT2D eigenvalue weighted by atomic mass is 9.70. The first-order chi connectivity index (χ1) is 17.2. The van der Waals surface area contributed by atoms with E-state index >= 15 is 0 Å². The van der Waals surface area contributed by atoms with Gasteiger partial charge in [0.1, 0.15) is 18.2 Å². The van der Waals surface area contributed by atoms with Crippen molar-refractivity contribution in [2.24, 2.45) is 17.8 Å². The van der Waals surface area contributed by atoms with Gasteiger partial charge >= 0.3 is 5.97 Å². The summed E-state index contributed by atoms with van der Waals surface area (Å²) in [5.74, 6) is -3.16. The second-order valence-corrected chi connectivity index (χ2v) is 10.3. The average Bonchev–Trinajstić information content (AvgIpc) is 3.49. The highest BCUT2D eigenvalue weighted by Crippen LogP contribution is 2.59. The molecule has 1 aromatic rings. The lowest BCUT2D eigenvalue weighted by Crippen LogP contribution is -2.59. The smallest absolute Gasteiger partial charge is 0.312 e. The van der Waals surface area contributed by atoms with Crippen molar-refractivity contribution in [3.8, 4) is 0 Å². The Kier molecular flexibility index (Phi) is 7.59. The van der Waals surface area contributed by atoms with Crippen molar-refractivity contribution in [3.63, 3.8) is 0 Å². The van der Waals surface area contributed by atoms with Gasteiger partial charge in [0.15, 0.2) is 0 Å². The van der Waals surface area contributed by atoms with Crippen LogP contribution in [0.15, 0.2) is 49.6 Å². The first-order valence-electron chi connectivity index (χ1n) is 12.3. The maximum atomic E-state index is 14.4. The number of aliphatic hydroxyl groups is 1. The molecule has 1 spiro atoms. The highest BCUT2D eigenvalue weighted by atomic mass is 35.5. The summed E-state index contributed by atoms with van der Waals surface area (Å²) in [6, 6.07) is 5.27. The van der Waals surface area contributed by atoms with Crippen LogP contribution in [-0.4, -0.2) is 71.3 Å². The Morgan fingerprint density at radius 1 is 1.33 bits per heavy atom. The minimum absolute atomic E-state index is 0.0207. The van der Waals surface area contributed by atoms with Crippen LogP contribution in [0.4, 0.5) is 5.69 Å². The Balaban J connectivity index is 1.83. The van der Waals surface area contributed by atoms with E-state index in [1.807, 2.05) is 13.8 Å². The molecule has 3 aliphatic heterocycles. The van der Waals surface area contributed by atoms with Crippen molar-refractivity contribution in [3.05, 3.63) is 54.6 Å². The normalized spacial score (nSPS) is 29.2. The molecule has 2 bridgehead atoms. The molecule has 3 fully saturated rings. The summed E-state index contributed by atoms with van der Waals surface area (Å²) in [5, 5.41) is 10.7. The van der Waals surface area contributed by atoms with Crippen LogP contribution in [0.5, 0.6) is 0 Å². The number of benzene rings is 1. The van der Waals surface area contributed by atoms with E-state index in [1.54, 1.807) is 30.3 Å². The number of aliphatic hydroxyl groups excluding tert-OH is 1. The number of nitrogens with zero attached hydrogens (tertiary/aromatic N) is 2. The first kappa shape index (κ1) is 26.4. The number of para-hydroxylation sites is 1. The third kappa shape index (κ3) is 4.05. The summed E-state index contributed by atoms with van der Waals surface area (Å²) in [5.41, 5.74) is -0.726. The number of rotatable bonds is 10. The highest BCUT2D eigenvalue weighted by molar-refractivity contribution is 6.34. The molecule has 3 saturated heterocycles. The number of anilines is 1. The number of carbonyl (C=O) groups excluding carboxylic acids is 3. The van der Waals surface area contributed by atoms with Crippen molar-refractivity contribution >= 4 is 35.1 Å². The largest absolute Gasteiger partial charge is 0.461 e. The molecule has 0 saturated carbocycles. The number of fused-ring (bicyclic) bond motifs is 1. The van der Waals surface area contributed by atoms with E-state index in [-0.39, 0.29) is 31.6 Å². The lowest BCUT2D eigenvalue weighted by Gasteiger charge is -2.40. The monoisotopic (exact) mass is 516 g/mol. The Hall–Kier alpha value is -2.68. The first-order valence-corrected chi connectivity index (χ1v) is 12.7. The Morgan fingerprint density at radius 2 is 2.06 bits per heavy atom. The predicted octanol–water partition coefficient (Wildman–Crippen LogP) is 2.98. The number of carbonyl (C=O) groups is 3. The van der Waals surface area contributed by atoms with Crippen molar-refractivity contribution < 1.29 is 29.0 Å². The van der Waals surface area contributed by atoms with Crippen LogP contribution in [0.25, 0.3) is 0 Å². The summed E-state index contributed by atoms with van der Waals surface area (Å²) in [7, 11) is 0. The van der Waals surface area contributed by atoms with Gasteiger partial charge < -0.3 is 24.4 Å². The van der Waals surface area contributed by atoms with Gasteiger partial charge in [0.2, 0.25) is 5.91 Å². The number of amides is 2. The molecule has 0 radical (unpaired) electrons. The molecule has 1 aromatic carbocycles. The Morgan fingerprint density at radius 3 is 2.67 bits per heavy atom. The third-order valence-electron chi connectivity index (χ3n) is 7.62. The zero-order chi connectivity index (χ0) is 26.2. The van der Waals surface area contributed by atoms with E-state index in [9.17, 15) is 19.5 Å². The van der Waals surface area contributed by atoms with Crippen molar-refractivity contribution in [2.45, 2.75) is 50.5 Å². The summed E-state index contributed by atoms with van der Waals surface area (Å²) in [4.78, 5) is 44.4. The third-order valence-corrected chi connectivity index (χ3v) is 7.94. The van der Waals surface area contributed by atoms with Crippen molar-refractivity contribution in [1.29, 1.82) is 0 Å². The standard InChI is InChI=1S/C27H33ClN2O6/c1-5-13-29(18-10-8-7-9-17(18)28)25(33)23-27-12-11-20(36-27)21(26(34)35-14-6-2)22(27)24(32)30(23)19(15-31)16(3)4/h5-10,16,19-23,31H,1-2,11-15H2,3-4H3/t19-,20-,21+,22-,23?,27?/m0/s1. The topological polar surface area (TPSA) is 96.4 Å². The van der Waals surface area contributed by atoms with Gasteiger partial charge in [-0.25, -0.2) is 0 Å². The number of hydrogen-bond acceptors (Lipinski definition) is 6. The van der Waals surface area contributed by atoms with Gasteiger partial charge in [-0.05, 0) is 30.9 Å². The molecule has 6 atom stereocenters. The molecule has 1 N–H and O–H groups in total. The molecule has 9 heteroatoms. The molecule has 0 aliphatic carbocycles. The van der Waals surface area contributed by atoms with E-state index in [4.69, 9.17) is 21.1 Å². The van der Waals surface area contributed by atoms with Gasteiger partial charge in [-0.2, -0.15) is 0 Å². The molecule has 8 nitrogen and oxygen atoms in total. The maximum Gasteiger partial charge on any atom is 0.312 e. The predicted molar refractivity (Wildman–Crippen MR) is 135 cm³/mol. The quantitative estimate of drug-likeness (QED) is 0.379. The van der Waals surface area contributed by atoms with E-state index in [2.05, 4.69) is 13.2 Å². The van der Waals surface area contributed by atoms with Gasteiger partial charge in [-0.3, -0.25) is 14.4 Å². The second-order valence-electron chi connectivity index (χ2n) is 9.90. The number of halogens is 1. The van der Waals surface area contributed by atoms with Crippen LogP contribution in [0, 0.1) is 17.8 Å². The zero-order valence-corrected chi connectivity index (χ0v) is 21.4. The summed E-state index contributed by atoms with van der Waals surface area (Å²) in [6.45, 7) is 11.0. The molecule has 3 aliphatic rings. The fourth-order valence-electron chi connectivity index (χ4n) is 6.11. The molecule has 4 rings (SSSR count). The summed E-state index contributed by atoms with van der Waals surface area (Å²) in [6.07, 6.45) is 3.50. The molecule has 2 unspecified atom stereocenters. The molecule has 0 aromatic heterocycles. The van der Waals surface area contributed by atoms with Crippen LogP contribution < -0.4 is 4.90 Å². The minimum Gasteiger partial charge on any atom is -0.461 e. The van der Waals surface area contributed by atoms with Crippen LogP contribution in [-0.2, 0) is 23.9 Å². The van der Waals surface area contributed by atoms with Crippen molar-refractivity contribution in [2.75, 3.05) is 24.7 Å². The number of likely N-dealkylation sites (tertiary alicyclic amines) is 1. The summed E-state index contributed by atoms with van der Waals surface area (Å²) < 4.78 is 11.8. The van der Waals surface area contributed by atoms with Gasteiger partial charge in [0.05, 0.1) is 41.3 Å². The average molecular weight is 517 g/mol. The van der Waals surface area contributed by atoms with Gasteiger partial charge in [0, 0.05) is 6.54 Å². The van der Waals surface area contributed by atoms with Crippen LogP contribution >= 0.6 is 11.6 Å². The molecular weight excluding hydrogens is 484 g/mol. The van der Waals surface area contributed by atoms with Crippen LogP contribution in [0.3, 0.4) is 0 Å². The van der Waals surface area contributed by atoms with E-state index in [1.165, 1.54) is 15.9 Å². The van der Waals surface area contributed by atoms with Crippen LogP contribution in [0.1, 0.15) is 26.7 Å². The van der Waals surface area contributed by atoms with Crippen LogP contribution in [0.2, 0.25) is 5.02 Å². The Labute approximate surface area is 216 Å². The van der Waals surface area contributed by atoms with Gasteiger partial charge in [-0.1, -0.05) is 56.3 Å². The van der Waals surface area contributed by atoms with E-state index in [0.717, 1.165) is 0 Å². The molecule has 3 heterocycles. The molecule has 2 amide bonds. The highest BCUT2D eigenvalue weighted by Gasteiger charge is 2.75. The summed E-state index contributed by atoms with van der Waals surface area (Å²) >= 11 is 6.46. The second kappa shape index (κ2) is 10.4. The molecular formula is C27H33ClN2O6. The fraction of sp³-hybridized carbons (Fsp3) is 0.519. The maximum absolute atomic E-state index is 14.4.